The van der Waals surface area contributed by atoms with Crippen molar-refractivity contribution in [3.8, 4) is 0 Å². The molecule has 2 aliphatic heterocycles. The molecule has 2 saturated heterocycles. The van der Waals surface area contributed by atoms with Crippen molar-refractivity contribution < 1.29 is 9.53 Å². The van der Waals surface area contributed by atoms with Crippen molar-refractivity contribution in [2.24, 2.45) is 0 Å². The normalized spacial score (nSPS) is 27.4. The lowest BCUT2D eigenvalue weighted by molar-refractivity contribution is 0.00467. The second kappa shape index (κ2) is 4.96. The topological polar surface area (TPSA) is 55.6 Å². The number of anilines is 2. The van der Waals surface area contributed by atoms with E-state index in [0.29, 0.717) is 12.2 Å². The van der Waals surface area contributed by atoms with Crippen molar-refractivity contribution in [2.75, 3.05) is 28.7 Å². The van der Waals surface area contributed by atoms with Gasteiger partial charge in [-0.25, -0.2) is 4.79 Å². The van der Waals surface area contributed by atoms with Crippen LogP contribution in [0.15, 0.2) is 24.3 Å². The van der Waals surface area contributed by atoms with E-state index in [1.807, 2.05) is 36.0 Å². The molecule has 2 N–H and O–H groups in total. The Balaban J connectivity index is 1.78. The van der Waals surface area contributed by atoms with Gasteiger partial charge in [-0.1, -0.05) is 12.1 Å². The van der Waals surface area contributed by atoms with Crippen molar-refractivity contribution in [3.05, 3.63) is 24.3 Å². The van der Waals surface area contributed by atoms with Gasteiger partial charge in [0.15, 0.2) is 0 Å². The van der Waals surface area contributed by atoms with Gasteiger partial charge in [0.1, 0.15) is 5.60 Å². The van der Waals surface area contributed by atoms with E-state index < -0.39 is 0 Å². The number of nitrogens with two attached hydrogens (primary N) is 1. The number of amides is 1. The molecule has 1 spiro atoms. The maximum atomic E-state index is 12.3. The highest BCUT2D eigenvalue weighted by Crippen LogP contribution is 2.38. The second-order valence-electron chi connectivity index (χ2n) is 5.17. The molecule has 0 saturated carbocycles. The van der Waals surface area contributed by atoms with Crippen LogP contribution in [0.3, 0.4) is 0 Å². The monoisotopic (exact) mass is 278 g/mol. The molecule has 19 heavy (non-hydrogen) atoms. The van der Waals surface area contributed by atoms with E-state index in [0.717, 1.165) is 30.7 Å². The highest BCUT2D eigenvalue weighted by molar-refractivity contribution is 7.99. The highest BCUT2D eigenvalue weighted by Gasteiger charge is 2.42. The number of hydrogen-bond donors (Lipinski definition) is 1. The minimum absolute atomic E-state index is 0.236. The van der Waals surface area contributed by atoms with Crippen LogP contribution >= 0.6 is 11.8 Å². The first-order valence-corrected chi connectivity index (χ1v) is 7.78. The summed E-state index contributed by atoms with van der Waals surface area (Å²) >= 11 is 1.88. The van der Waals surface area contributed by atoms with Crippen LogP contribution in [-0.4, -0.2) is 29.7 Å². The van der Waals surface area contributed by atoms with E-state index in [1.165, 1.54) is 5.75 Å². The molecule has 0 bridgehead atoms. The predicted octanol–water partition coefficient (Wildman–Crippen LogP) is 2.88. The fraction of sp³-hybridized carbons (Fsp3) is 0.500. The fourth-order valence-corrected chi connectivity index (χ4v) is 3.97. The van der Waals surface area contributed by atoms with Gasteiger partial charge in [0.25, 0.3) is 0 Å². The molecule has 5 heteroatoms. The quantitative estimate of drug-likeness (QED) is 0.803. The lowest BCUT2D eigenvalue weighted by Crippen LogP contribution is -2.52. The Hall–Kier alpha value is -1.36. The first-order chi connectivity index (χ1) is 9.20. The minimum Gasteiger partial charge on any atom is -0.442 e. The van der Waals surface area contributed by atoms with Gasteiger partial charge in [0, 0.05) is 18.7 Å². The first-order valence-electron chi connectivity index (χ1n) is 6.63. The standard InChI is InChI=1S/C14H18N2O2S/c15-11-4-1-2-5-12(11)16-8-7-14(18-13(16)17)6-3-9-19-10-14/h1-2,4-5H,3,6-10,15H2. The van der Waals surface area contributed by atoms with Crippen molar-refractivity contribution in [3.63, 3.8) is 0 Å². The van der Waals surface area contributed by atoms with Crippen LogP contribution in [0.2, 0.25) is 0 Å². The molecule has 102 valence electrons. The van der Waals surface area contributed by atoms with Crippen molar-refractivity contribution in [2.45, 2.75) is 24.9 Å². The third kappa shape index (κ3) is 2.39. The van der Waals surface area contributed by atoms with Gasteiger partial charge in [-0.3, -0.25) is 4.90 Å². The van der Waals surface area contributed by atoms with Crippen LogP contribution in [0.4, 0.5) is 16.2 Å². The molecule has 0 aromatic heterocycles. The number of ether oxygens (including phenoxy) is 1. The maximum absolute atomic E-state index is 12.3. The summed E-state index contributed by atoms with van der Waals surface area (Å²) in [4.78, 5) is 13.9. The van der Waals surface area contributed by atoms with E-state index in [2.05, 4.69) is 0 Å². The molecular weight excluding hydrogens is 260 g/mol. The Morgan fingerprint density at radius 3 is 2.84 bits per heavy atom. The summed E-state index contributed by atoms with van der Waals surface area (Å²) in [7, 11) is 0. The Morgan fingerprint density at radius 2 is 2.16 bits per heavy atom. The van der Waals surface area contributed by atoms with E-state index in [4.69, 9.17) is 10.5 Å². The summed E-state index contributed by atoms with van der Waals surface area (Å²) in [6.45, 7) is 0.688. The molecule has 2 heterocycles. The van der Waals surface area contributed by atoms with Gasteiger partial charge in [-0.2, -0.15) is 11.8 Å². The Bertz CT molecular complexity index is 486. The van der Waals surface area contributed by atoms with E-state index >= 15 is 0 Å². The number of benzene rings is 1. The molecule has 1 aromatic carbocycles. The summed E-state index contributed by atoms with van der Waals surface area (Å²) in [5.41, 5.74) is 7.07. The van der Waals surface area contributed by atoms with Crippen molar-refractivity contribution in [1.29, 1.82) is 0 Å². The predicted molar refractivity (Wildman–Crippen MR) is 78.6 cm³/mol. The van der Waals surface area contributed by atoms with Crippen LogP contribution in [0.1, 0.15) is 19.3 Å². The zero-order valence-electron chi connectivity index (χ0n) is 10.8. The number of carbonyl (C=O) groups is 1. The molecule has 4 nitrogen and oxygen atoms in total. The van der Waals surface area contributed by atoms with Crippen molar-refractivity contribution >= 4 is 29.2 Å². The van der Waals surface area contributed by atoms with E-state index in [9.17, 15) is 4.79 Å². The van der Waals surface area contributed by atoms with Crippen LogP contribution in [0, 0.1) is 0 Å². The van der Waals surface area contributed by atoms with Crippen LogP contribution in [0.5, 0.6) is 0 Å². The molecule has 1 aromatic rings. The summed E-state index contributed by atoms with van der Waals surface area (Å²) in [5.74, 6) is 2.10. The Morgan fingerprint density at radius 1 is 1.32 bits per heavy atom. The van der Waals surface area contributed by atoms with E-state index in [1.54, 1.807) is 4.90 Å². The molecule has 0 aliphatic carbocycles. The molecule has 1 amide bonds. The van der Waals surface area contributed by atoms with Crippen molar-refractivity contribution in [1.82, 2.24) is 0 Å². The van der Waals surface area contributed by atoms with Crippen LogP contribution < -0.4 is 10.6 Å². The average Bonchev–Trinajstić information content (AvgIpc) is 2.41. The maximum Gasteiger partial charge on any atom is 0.414 e. The summed E-state index contributed by atoms with van der Waals surface area (Å²) in [6, 6.07) is 7.43. The van der Waals surface area contributed by atoms with Gasteiger partial charge in [0.2, 0.25) is 0 Å². The number of thioether (sulfide) groups is 1. The average molecular weight is 278 g/mol. The number of nitrogens with zero attached hydrogens (tertiary/aromatic N) is 1. The number of carbonyl (C=O) groups excluding carboxylic acids is 1. The molecule has 3 rings (SSSR count). The third-order valence-electron chi connectivity index (χ3n) is 3.83. The zero-order valence-corrected chi connectivity index (χ0v) is 11.6. The number of para-hydroxylation sites is 2. The highest BCUT2D eigenvalue weighted by atomic mass is 32.2. The fourth-order valence-electron chi connectivity index (χ4n) is 2.75. The number of rotatable bonds is 1. The molecule has 0 radical (unpaired) electrons. The number of nitrogen functional groups attached to an aromatic ring is 1. The minimum atomic E-state index is -0.258. The van der Waals surface area contributed by atoms with Gasteiger partial charge < -0.3 is 10.5 Å². The zero-order chi connectivity index (χ0) is 13.3. The van der Waals surface area contributed by atoms with Crippen LogP contribution in [-0.2, 0) is 4.74 Å². The summed E-state index contributed by atoms with van der Waals surface area (Å²) in [5, 5.41) is 0. The second-order valence-corrected chi connectivity index (χ2v) is 6.27. The Labute approximate surface area is 117 Å². The molecule has 1 atom stereocenters. The Kier molecular flexibility index (Phi) is 3.31. The third-order valence-corrected chi connectivity index (χ3v) is 5.14. The smallest absolute Gasteiger partial charge is 0.414 e. The molecular formula is C14H18N2O2S. The number of hydrogen-bond acceptors (Lipinski definition) is 4. The van der Waals surface area contributed by atoms with E-state index in [-0.39, 0.29) is 11.7 Å². The molecule has 1 unspecified atom stereocenters. The lowest BCUT2D eigenvalue weighted by atomic mass is 9.94. The van der Waals surface area contributed by atoms with Gasteiger partial charge in [-0.05, 0) is 30.7 Å². The summed E-state index contributed by atoms with van der Waals surface area (Å²) in [6.07, 6.45) is 2.75. The first kappa shape index (κ1) is 12.7. The molecule has 2 fully saturated rings. The summed E-state index contributed by atoms with van der Waals surface area (Å²) < 4.78 is 5.75. The van der Waals surface area contributed by atoms with Gasteiger partial charge in [0.05, 0.1) is 11.4 Å². The SMILES string of the molecule is Nc1ccccc1N1CCC2(CCCSC2)OC1=O. The largest absolute Gasteiger partial charge is 0.442 e. The van der Waals surface area contributed by atoms with Gasteiger partial charge in [-0.15, -0.1) is 0 Å². The van der Waals surface area contributed by atoms with Gasteiger partial charge >= 0.3 is 6.09 Å². The molecule has 2 aliphatic rings. The van der Waals surface area contributed by atoms with Crippen LogP contribution in [0.25, 0.3) is 0 Å². The lowest BCUT2D eigenvalue weighted by Gasteiger charge is -2.43.